The Morgan fingerprint density at radius 2 is 1.74 bits per heavy atom. The van der Waals surface area contributed by atoms with Crippen LogP contribution in [0.1, 0.15) is 47.0 Å². The molecular formula is C27H35ClN4O6S. The number of likely N-dealkylation sites (tertiary alicyclic amines) is 2. The van der Waals surface area contributed by atoms with Crippen molar-refractivity contribution in [1.29, 1.82) is 0 Å². The van der Waals surface area contributed by atoms with E-state index in [1.165, 1.54) is 17.0 Å². The minimum atomic E-state index is -4.00. The number of hydrogen-bond acceptors (Lipinski definition) is 5. The number of hydrogen-bond donors (Lipinski definition) is 3. The molecule has 4 rings (SSSR count). The molecule has 0 radical (unpaired) electrons. The Morgan fingerprint density at radius 1 is 1.08 bits per heavy atom. The van der Waals surface area contributed by atoms with Crippen LogP contribution in [0.2, 0.25) is 5.02 Å². The molecule has 3 N–H and O–H groups in total. The number of benzene rings is 2. The van der Waals surface area contributed by atoms with Gasteiger partial charge in [0.25, 0.3) is 0 Å². The maximum atomic E-state index is 13.7. The molecule has 2 fully saturated rings. The maximum absolute atomic E-state index is 13.7. The monoisotopic (exact) mass is 578 g/mol. The summed E-state index contributed by atoms with van der Waals surface area (Å²) in [4.78, 5) is 41.5. The fourth-order valence-corrected chi connectivity index (χ4v) is 7.25. The largest absolute Gasteiger partial charge is 0.465 e. The molecule has 39 heavy (non-hydrogen) atoms. The number of carbonyl (C=O) groups excluding carboxylic acids is 2. The minimum Gasteiger partial charge on any atom is -0.465 e. The molecule has 3 amide bonds. The maximum Gasteiger partial charge on any atom is 0.404 e. The second-order valence-corrected chi connectivity index (χ2v) is 13.5. The summed E-state index contributed by atoms with van der Waals surface area (Å²) in [6, 6.07) is 7.16. The van der Waals surface area contributed by atoms with Crippen molar-refractivity contribution in [2.75, 3.05) is 13.1 Å². The van der Waals surface area contributed by atoms with Crippen LogP contribution in [-0.4, -0.2) is 78.5 Å². The molecule has 2 saturated heterocycles. The molecule has 0 aliphatic carbocycles. The van der Waals surface area contributed by atoms with E-state index in [9.17, 15) is 27.9 Å². The van der Waals surface area contributed by atoms with Crippen LogP contribution in [0.15, 0.2) is 41.3 Å². The van der Waals surface area contributed by atoms with Gasteiger partial charge >= 0.3 is 6.09 Å². The number of rotatable bonds is 6. The Balaban J connectivity index is 1.49. The van der Waals surface area contributed by atoms with Gasteiger partial charge in [0.2, 0.25) is 21.8 Å². The summed E-state index contributed by atoms with van der Waals surface area (Å²) in [5, 5.41) is 13.9. The SMILES string of the molecule is C[C@@H](C(=O)N1CCCC(NC(=O)O)C1C(C)(C)C)N1CC[C@H](NS(=O)(=O)c2ccc3cc(Cl)ccc3c2)C1=O. The van der Waals surface area contributed by atoms with Crippen LogP contribution in [0.25, 0.3) is 10.8 Å². The van der Waals surface area contributed by atoms with Crippen molar-refractivity contribution in [2.24, 2.45) is 5.41 Å². The summed E-state index contributed by atoms with van der Waals surface area (Å²) in [5.41, 5.74) is -0.415. The van der Waals surface area contributed by atoms with Crippen LogP contribution in [0.5, 0.6) is 0 Å². The first-order chi connectivity index (χ1) is 18.2. The van der Waals surface area contributed by atoms with Crippen molar-refractivity contribution in [3.05, 3.63) is 41.4 Å². The Kier molecular flexibility index (Phi) is 8.16. The highest BCUT2D eigenvalue weighted by Crippen LogP contribution is 2.33. The van der Waals surface area contributed by atoms with Crippen molar-refractivity contribution in [2.45, 2.75) is 76.0 Å². The topological polar surface area (TPSA) is 136 Å². The molecule has 2 aliphatic rings. The van der Waals surface area contributed by atoms with E-state index < -0.39 is 51.6 Å². The number of carbonyl (C=O) groups is 3. The second-order valence-electron chi connectivity index (χ2n) is 11.4. The second kappa shape index (κ2) is 10.9. The summed E-state index contributed by atoms with van der Waals surface area (Å²) < 4.78 is 28.8. The average molecular weight is 579 g/mol. The van der Waals surface area contributed by atoms with Gasteiger partial charge in [0.05, 0.1) is 17.0 Å². The quantitative estimate of drug-likeness (QED) is 0.480. The first kappa shape index (κ1) is 29.1. The molecule has 10 nitrogen and oxygen atoms in total. The van der Waals surface area contributed by atoms with Gasteiger partial charge in [-0.15, -0.1) is 0 Å². The van der Waals surface area contributed by atoms with E-state index in [-0.39, 0.29) is 23.8 Å². The summed E-state index contributed by atoms with van der Waals surface area (Å²) in [6.07, 6.45) is 0.326. The lowest BCUT2D eigenvalue weighted by molar-refractivity contribution is -0.148. The van der Waals surface area contributed by atoms with E-state index in [1.807, 2.05) is 20.8 Å². The lowest BCUT2D eigenvalue weighted by atomic mass is 9.77. The van der Waals surface area contributed by atoms with Crippen LogP contribution in [0, 0.1) is 5.41 Å². The van der Waals surface area contributed by atoms with Gasteiger partial charge in [0.1, 0.15) is 12.1 Å². The van der Waals surface area contributed by atoms with Gasteiger partial charge in [0.15, 0.2) is 0 Å². The van der Waals surface area contributed by atoms with Crippen molar-refractivity contribution in [1.82, 2.24) is 19.8 Å². The zero-order valence-corrected chi connectivity index (χ0v) is 24.1. The van der Waals surface area contributed by atoms with E-state index in [1.54, 1.807) is 36.1 Å². The van der Waals surface area contributed by atoms with Gasteiger partial charge in [-0.25, -0.2) is 13.2 Å². The van der Waals surface area contributed by atoms with Crippen LogP contribution in [0.3, 0.4) is 0 Å². The molecule has 2 aromatic rings. The fourth-order valence-electron chi connectivity index (χ4n) is 5.81. The Hall–Kier alpha value is -2.89. The summed E-state index contributed by atoms with van der Waals surface area (Å²) in [7, 11) is -4.00. The predicted molar refractivity (Wildman–Crippen MR) is 148 cm³/mol. The Morgan fingerprint density at radius 3 is 2.41 bits per heavy atom. The molecule has 2 unspecified atom stereocenters. The van der Waals surface area contributed by atoms with Crippen molar-refractivity contribution in [3.63, 3.8) is 0 Å². The standard InChI is InChI=1S/C27H35ClN4O6S/c1-16(24(33)32-12-5-6-21(29-26(35)36)23(32)27(2,3)4)31-13-11-22(25(31)34)30-39(37,38)20-10-8-17-14-19(28)9-7-18(17)15-20/h7-10,14-16,21-23,29-30H,5-6,11-13H2,1-4H3,(H,35,36)/t16-,21?,22-,23?/m0/s1. The summed E-state index contributed by atoms with van der Waals surface area (Å²) >= 11 is 6.02. The molecule has 4 atom stereocenters. The lowest BCUT2D eigenvalue weighted by Crippen LogP contribution is -2.64. The number of nitrogens with one attached hydrogen (secondary N) is 2. The van der Waals surface area contributed by atoms with E-state index in [2.05, 4.69) is 10.0 Å². The summed E-state index contributed by atoms with van der Waals surface area (Å²) in [6.45, 7) is 8.18. The highest BCUT2D eigenvalue weighted by Gasteiger charge is 2.46. The van der Waals surface area contributed by atoms with Crippen molar-refractivity contribution >= 4 is 50.3 Å². The number of halogens is 1. The molecule has 2 heterocycles. The highest BCUT2D eigenvalue weighted by molar-refractivity contribution is 7.89. The first-order valence-corrected chi connectivity index (χ1v) is 14.9. The Bertz CT molecular complexity index is 1390. The first-order valence-electron chi connectivity index (χ1n) is 13.0. The van der Waals surface area contributed by atoms with Crippen LogP contribution in [-0.2, 0) is 19.6 Å². The number of amides is 3. The van der Waals surface area contributed by atoms with Crippen LogP contribution < -0.4 is 10.0 Å². The van der Waals surface area contributed by atoms with Crippen LogP contribution >= 0.6 is 11.6 Å². The number of nitrogens with zero attached hydrogens (tertiary/aromatic N) is 2. The van der Waals surface area contributed by atoms with Gasteiger partial charge in [-0.1, -0.05) is 44.5 Å². The van der Waals surface area contributed by atoms with Crippen molar-refractivity contribution < 1.29 is 27.9 Å². The molecule has 212 valence electrons. The minimum absolute atomic E-state index is 0.0333. The van der Waals surface area contributed by atoms with E-state index in [4.69, 9.17) is 11.6 Å². The zero-order chi connectivity index (χ0) is 28.7. The van der Waals surface area contributed by atoms with Crippen molar-refractivity contribution in [3.8, 4) is 0 Å². The molecule has 12 heteroatoms. The number of piperidine rings is 1. The molecule has 2 aromatic carbocycles. The predicted octanol–water partition coefficient (Wildman–Crippen LogP) is 3.43. The molecule has 0 saturated carbocycles. The molecule has 0 bridgehead atoms. The van der Waals surface area contributed by atoms with Gasteiger partial charge in [-0.05, 0) is 66.6 Å². The average Bonchev–Trinajstić information content (AvgIpc) is 3.20. The van der Waals surface area contributed by atoms with Gasteiger partial charge in [-0.3, -0.25) is 9.59 Å². The highest BCUT2D eigenvalue weighted by atomic mass is 35.5. The lowest BCUT2D eigenvalue weighted by Gasteiger charge is -2.49. The molecule has 2 aliphatic heterocycles. The fraction of sp³-hybridized carbons (Fsp3) is 0.519. The van der Waals surface area contributed by atoms with E-state index >= 15 is 0 Å². The third kappa shape index (κ3) is 6.15. The number of sulfonamides is 1. The Labute approximate surface area is 233 Å². The van der Waals surface area contributed by atoms with E-state index in [0.29, 0.717) is 29.8 Å². The smallest absolute Gasteiger partial charge is 0.404 e. The van der Waals surface area contributed by atoms with Gasteiger partial charge < -0.3 is 20.2 Å². The third-order valence-electron chi connectivity index (χ3n) is 7.56. The molecule has 0 spiro atoms. The van der Waals surface area contributed by atoms with Gasteiger partial charge in [0, 0.05) is 18.1 Å². The number of carboxylic acid groups (broad SMARTS) is 1. The molecular weight excluding hydrogens is 544 g/mol. The molecule has 0 aromatic heterocycles. The summed E-state index contributed by atoms with van der Waals surface area (Å²) in [5.74, 6) is -0.742. The zero-order valence-electron chi connectivity index (χ0n) is 22.5. The number of fused-ring (bicyclic) bond motifs is 1. The van der Waals surface area contributed by atoms with Crippen LogP contribution in [0.4, 0.5) is 4.79 Å². The normalized spacial score (nSPS) is 23.2. The van der Waals surface area contributed by atoms with E-state index in [0.717, 1.165) is 5.39 Å². The van der Waals surface area contributed by atoms with Gasteiger partial charge in [-0.2, -0.15) is 4.72 Å². The third-order valence-corrected chi connectivity index (χ3v) is 9.26.